The average molecular weight is 660 g/mol. The van der Waals surface area contributed by atoms with Crippen LogP contribution in [0.1, 0.15) is 51.5 Å². The molecule has 3 aromatic carbocycles. The van der Waals surface area contributed by atoms with Gasteiger partial charge in [-0.3, -0.25) is 9.59 Å². The lowest BCUT2D eigenvalue weighted by molar-refractivity contribution is 0.0983. The Balaban J connectivity index is 1.33. The van der Waals surface area contributed by atoms with Gasteiger partial charge in [0.25, 0.3) is 11.8 Å². The normalized spacial score (nSPS) is 17.9. The number of anilines is 2. The fraction of sp³-hybridized carbons (Fsp3) is 0.375. The summed E-state index contributed by atoms with van der Waals surface area (Å²) < 4.78 is 30.9. The van der Waals surface area contributed by atoms with Gasteiger partial charge < -0.3 is 19.9 Å². The van der Waals surface area contributed by atoms with Gasteiger partial charge in [0.2, 0.25) is 10.0 Å². The Kier molecular flexibility index (Phi) is 10.2. The molecule has 0 saturated carbocycles. The number of fused-ring (bicyclic) bond motifs is 1. The van der Waals surface area contributed by atoms with E-state index in [0.29, 0.717) is 65.3 Å². The first-order valence-corrected chi connectivity index (χ1v) is 17.2. The molecule has 1 saturated heterocycles. The molecule has 0 bridgehead atoms. The second-order valence-electron chi connectivity index (χ2n) is 11.1. The molecular weight excluding hydrogens is 623 g/mol. The largest absolute Gasteiger partial charge is 0.496 e. The van der Waals surface area contributed by atoms with Crippen molar-refractivity contribution in [3.8, 4) is 5.75 Å². The summed E-state index contributed by atoms with van der Waals surface area (Å²) in [7, 11) is -1.68. The number of benzene rings is 3. The Morgan fingerprint density at radius 3 is 2.41 bits per heavy atom. The minimum atomic E-state index is -3.18. The number of ether oxygens (including phenoxy) is 1. The summed E-state index contributed by atoms with van der Waals surface area (Å²) in [6.45, 7) is 3.75. The highest BCUT2D eigenvalue weighted by Gasteiger charge is 2.30. The number of carbonyl (C=O) groups excluding carboxylic acids is 2. The van der Waals surface area contributed by atoms with Crippen molar-refractivity contribution in [1.82, 2.24) is 9.21 Å². The zero-order chi connectivity index (χ0) is 31.4. The molecular formula is C32H36Cl2N4O5S. The van der Waals surface area contributed by atoms with Crippen LogP contribution in [0.5, 0.6) is 5.75 Å². The summed E-state index contributed by atoms with van der Waals surface area (Å²) >= 11 is 12.7. The van der Waals surface area contributed by atoms with Crippen LogP contribution in [0, 0.1) is 0 Å². The predicted molar refractivity (Wildman–Crippen MR) is 175 cm³/mol. The van der Waals surface area contributed by atoms with Crippen molar-refractivity contribution >= 4 is 56.4 Å². The fourth-order valence-electron chi connectivity index (χ4n) is 5.94. The van der Waals surface area contributed by atoms with E-state index in [9.17, 15) is 18.0 Å². The Morgan fingerprint density at radius 1 is 0.955 bits per heavy atom. The number of sulfonamides is 1. The third-order valence-electron chi connectivity index (χ3n) is 8.30. The van der Waals surface area contributed by atoms with E-state index in [1.165, 1.54) is 17.7 Å². The van der Waals surface area contributed by atoms with Gasteiger partial charge in [0.15, 0.2) is 0 Å². The van der Waals surface area contributed by atoms with Crippen molar-refractivity contribution in [3.05, 3.63) is 87.4 Å². The highest BCUT2D eigenvalue weighted by molar-refractivity contribution is 7.88. The highest BCUT2D eigenvalue weighted by Crippen LogP contribution is 2.39. The van der Waals surface area contributed by atoms with E-state index in [4.69, 9.17) is 27.9 Å². The highest BCUT2D eigenvalue weighted by atomic mass is 35.5. The Bertz CT molecular complexity index is 1640. The molecule has 1 unspecified atom stereocenters. The van der Waals surface area contributed by atoms with Crippen LogP contribution in [0.3, 0.4) is 0 Å². The second-order valence-corrected chi connectivity index (χ2v) is 14.0. The van der Waals surface area contributed by atoms with Crippen molar-refractivity contribution < 1.29 is 22.7 Å². The van der Waals surface area contributed by atoms with E-state index in [-0.39, 0.29) is 17.7 Å². The van der Waals surface area contributed by atoms with Gasteiger partial charge in [0.05, 0.1) is 29.5 Å². The van der Waals surface area contributed by atoms with Crippen molar-refractivity contribution in [2.24, 2.45) is 0 Å². The number of hydrogen-bond donors (Lipinski definition) is 1. The SMILES string of the molecule is COc1cc(NC(=O)c2ccccc2Cl)ccc1C(=O)N1CCCC(CCN2CCN(S(C)(=O)=O)CC2)c2cc(Cl)ccc21. The molecule has 2 aliphatic heterocycles. The first-order valence-electron chi connectivity index (χ1n) is 14.6. The quantitative estimate of drug-likeness (QED) is 0.331. The van der Waals surface area contributed by atoms with Crippen LogP contribution in [-0.4, -0.2) is 82.1 Å². The minimum absolute atomic E-state index is 0.193. The summed E-state index contributed by atoms with van der Waals surface area (Å²) in [4.78, 5) is 30.9. The summed E-state index contributed by atoms with van der Waals surface area (Å²) in [5.41, 5.74) is 3.05. The summed E-state index contributed by atoms with van der Waals surface area (Å²) in [6, 6.07) is 17.4. The number of nitrogens with one attached hydrogen (secondary N) is 1. The Morgan fingerprint density at radius 2 is 1.70 bits per heavy atom. The van der Waals surface area contributed by atoms with E-state index in [1.807, 2.05) is 12.1 Å². The lowest BCUT2D eigenvalue weighted by atomic mass is 9.90. The van der Waals surface area contributed by atoms with Crippen LogP contribution < -0.4 is 15.0 Å². The van der Waals surface area contributed by atoms with Gasteiger partial charge in [-0.05, 0) is 79.8 Å². The zero-order valence-corrected chi connectivity index (χ0v) is 27.1. The molecule has 5 rings (SSSR count). The van der Waals surface area contributed by atoms with Crippen LogP contribution in [0.15, 0.2) is 60.7 Å². The zero-order valence-electron chi connectivity index (χ0n) is 24.8. The van der Waals surface area contributed by atoms with Crippen molar-refractivity contribution in [2.75, 3.05) is 62.9 Å². The van der Waals surface area contributed by atoms with E-state index in [1.54, 1.807) is 53.4 Å². The molecule has 2 heterocycles. The molecule has 1 atom stereocenters. The molecule has 234 valence electrons. The van der Waals surface area contributed by atoms with Gasteiger partial charge in [-0.25, -0.2) is 8.42 Å². The van der Waals surface area contributed by atoms with Crippen molar-refractivity contribution in [3.63, 3.8) is 0 Å². The molecule has 1 N–H and O–H groups in total. The summed E-state index contributed by atoms with van der Waals surface area (Å²) in [5, 5.41) is 3.78. The molecule has 0 aliphatic carbocycles. The average Bonchev–Trinajstić information content (AvgIpc) is 3.18. The molecule has 0 aromatic heterocycles. The van der Waals surface area contributed by atoms with Crippen molar-refractivity contribution in [2.45, 2.75) is 25.2 Å². The number of rotatable bonds is 8. The van der Waals surface area contributed by atoms with Gasteiger partial charge in [0.1, 0.15) is 5.75 Å². The number of methoxy groups -OCH3 is 1. The van der Waals surface area contributed by atoms with E-state index in [2.05, 4.69) is 10.2 Å². The standard InChI is InChI=1S/C32H36Cl2N4O5S/c1-43-30-21-24(35-31(39)25-7-3-4-8-28(25)34)10-11-26(30)32(40)38-14-5-6-22(27-20-23(33)9-12-29(27)38)13-15-36-16-18-37(19-17-36)44(2,41)42/h3-4,7-12,20-22H,5-6,13-19H2,1-2H3,(H,35,39). The van der Waals surface area contributed by atoms with Crippen molar-refractivity contribution in [1.29, 1.82) is 0 Å². The molecule has 44 heavy (non-hydrogen) atoms. The van der Waals surface area contributed by atoms with Gasteiger partial charge >= 0.3 is 0 Å². The molecule has 9 nitrogen and oxygen atoms in total. The number of hydrogen-bond acceptors (Lipinski definition) is 6. The maximum atomic E-state index is 14.0. The van der Waals surface area contributed by atoms with Crippen LogP contribution in [0.4, 0.5) is 11.4 Å². The molecule has 2 amide bonds. The molecule has 12 heteroatoms. The predicted octanol–water partition coefficient (Wildman–Crippen LogP) is 5.75. The van der Waals surface area contributed by atoms with Gasteiger partial charge in [-0.2, -0.15) is 4.31 Å². The van der Waals surface area contributed by atoms with Gasteiger partial charge in [-0.15, -0.1) is 0 Å². The summed E-state index contributed by atoms with van der Waals surface area (Å²) in [5.74, 6) is -0.0273. The number of carbonyl (C=O) groups is 2. The number of halogens is 2. The van der Waals surface area contributed by atoms with E-state index in [0.717, 1.165) is 37.1 Å². The molecule has 1 fully saturated rings. The molecule has 0 spiro atoms. The smallest absolute Gasteiger partial charge is 0.262 e. The van der Waals surface area contributed by atoms with Crippen LogP contribution >= 0.6 is 23.2 Å². The van der Waals surface area contributed by atoms with Crippen LogP contribution in [0.2, 0.25) is 10.0 Å². The maximum absolute atomic E-state index is 14.0. The third-order valence-corrected chi connectivity index (χ3v) is 10.2. The van der Waals surface area contributed by atoms with Crippen LogP contribution in [0.25, 0.3) is 0 Å². The second kappa shape index (κ2) is 13.9. The monoisotopic (exact) mass is 658 g/mol. The van der Waals surface area contributed by atoms with E-state index < -0.39 is 10.0 Å². The molecule has 2 aliphatic rings. The van der Waals surface area contributed by atoms with Crippen LogP contribution in [-0.2, 0) is 10.0 Å². The van der Waals surface area contributed by atoms with Gasteiger partial charge in [0, 0.05) is 55.2 Å². The number of piperazine rings is 1. The topological polar surface area (TPSA) is 99.3 Å². The first-order chi connectivity index (χ1) is 21.0. The number of amides is 2. The summed E-state index contributed by atoms with van der Waals surface area (Å²) in [6.07, 6.45) is 3.83. The minimum Gasteiger partial charge on any atom is -0.496 e. The first kappa shape index (κ1) is 32.2. The Labute approximate surface area is 268 Å². The maximum Gasteiger partial charge on any atom is 0.262 e. The van der Waals surface area contributed by atoms with E-state index >= 15 is 0 Å². The fourth-order valence-corrected chi connectivity index (χ4v) is 7.17. The third kappa shape index (κ3) is 7.38. The molecule has 0 radical (unpaired) electrons. The lowest BCUT2D eigenvalue weighted by Gasteiger charge is -2.34. The van der Waals surface area contributed by atoms with Gasteiger partial charge in [-0.1, -0.05) is 35.3 Å². The Hall–Kier alpha value is -3.15. The number of nitrogens with zero attached hydrogens (tertiary/aromatic N) is 3. The lowest BCUT2D eigenvalue weighted by Crippen LogP contribution is -2.48. The molecule has 3 aromatic rings.